The topological polar surface area (TPSA) is 131 Å². The van der Waals surface area contributed by atoms with Crippen molar-refractivity contribution >= 4 is 17.8 Å². The van der Waals surface area contributed by atoms with Crippen LogP contribution in [0.15, 0.2) is 35.9 Å². The molecule has 0 aliphatic carbocycles. The van der Waals surface area contributed by atoms with Crippen LogP contribution in [0.3, 0.4) is 0 Å². The first kappa shape index (κ1) is 26.6. The molecule has 36 heavy (non-hydrogen) atoms. The minimum Gasteiger partial charge on any atom is -0.508 e. The maximum absolute atomic E-state index is 12.6. The van der Waals surface area contributed by atoms with Gasteiger partial charge in [-0.15, -0.1) is 0 Å². The van der Waals surface area contributed by atoms with Crippen molar-refractivity contribution in [2.45, 2.75) is 52.2 Å². The standard InChI is InChI=1S/C27H31NO8/c1-15(5-11-19-24(31)23-20(14-36-27(23)33)16(2)25(19)34-3)6-12-22(30)28-21(26(32)35-4)13-17-7-9-18(29)10-8-17/h5,7-10,21,29,31H,6,11-14H2,1-4H3,(H,28,30)/b15-5+/t21-/m0/s1. The van der Waals surface area contributed by atoms with Crippen molar-refractivity contribution in [1.29, 1.82) is 0 Å². The largest absolute Gasteiger partial charge is 0.508 e. The molecule has 0 spiro atoms. The van der Waals surface area contributed by atoms with E-state index in [0.29, 0.717) is 29.7 Å². The minimum atomic E-state index is -0.855. The van der Waals surface area contributed by atoms with Crippen molar-refractivity contribution in [3.8, 4) is 17.2 Å². The number of methoxy groups -OCH3 is 2. The van der Waals surface area contributed by atoms with Gasteiger partial charge in [-0.3, -0.25) is 4.79 Å². The molecule has 1 amide bonds. The van der Waals surface area contributed by atoms with Gasteiger partial charge in [0.15, 0.2) is 0 Å². The quantitative estimate of drug-likeness (QED) is 0.337. The lowest BCUT2D eigenvalue weighted by atomic mass is 9.94. The van der Waals surface area contributed by atoms with Crippen molar-refractivity contribution < 1.29 is 38.8 Å². The zero-order chi connectivity index (χ0) is 26.4. The molecule has 192 valence electrons. The van der Waals surface area contributed by atoms with Gasteiger partial charge in [-0.1, -0.05) is 23.8 Å². The Morgan fingerprint density at radius 1 is 1.17 bits per heavy atom. The number of fused-ring (bicyclic) bond motifs is 1. The molecule has 1 aliphatic heterocycles. The molecule has 3 rings (SSSR count). The van der Waals surface area contributed by atoms with Gasteiger partial charge in [-0.25, -0.2) is 9.59 Å². The number of esters is 2. The van der Waals surface area contributed by atoms with E-state index in [-0.39, 0.29) is 42.4 Å². The first-order valence-electron chi connectivity index (χ1n) is 11.5. The number of hydrogen-bond donors (Lipinski definition) is 3. The number of phenolic OH excluding ortho intramolecular Hbond substituents is 2. The molecule has 0 fully saturated rings. The van der Waals surface area contributed by atoms with E-state index in [4.69, 9.17) is 14.2 Å². The number of rotatable bonds is 10. The average molecular weight is 498 g/mol. The van der Waals surface area contributed by atoms with Crippen LogP contribution >= 0.6 is 0 Å². The number of cyclic esters (lactones) is 1. The van der Waals surface area contributed by atoms with Gasteiger partial charge >= 0.3 is 11.9 Å². The molecule has 0 unspecified atom stereocenters. The van der Waals surface area contributed by atoms with E-state index < -0.39 is 18.0 Å². The predicted octanol–water partition coefficient (Wildman–Crippen LogP) is 3.25. The normalized spacial score (nSPS) is 13.6. The van der Waals surface area contributed by atoms with Crippen LogP contribution in [0.4, 0.5) is 0 Å². The number of nitrogens with one attached hydrogen (secondary N) is 1. The summed E-state index contributed by atoms with van der Waals surface area (Å²) in [6.45, 7) is 3.78. The third-order valence-electron chi connectivity index (χ3n) is 6.25. The highest BCUT2D eigenvalue weighted by atomic mass is 16.5. The molecule has 0 radical (unpaired) electrons. The van der Waals surface area contributed by atoms with Crippen LogP contribution in [0.1, 0.15) is 52.4 Å². The average Bonchev–Trinajstić information content (AvgIpc) is 3.26. The summed E-state index contributed by atoms with van der Waals surface area (Å²) in [4.78, 5) is 36.8. The first-order chi connectivity index (χ1) is 17.2. The number of carbonyl (C=O) groups excluding carboxylic acids is 3. The summed E-state index contributed by atoms with van der Waals surface area (Å²) in [6, 6.07) is 5.52. The lowest BCUT2D eigenvalue weighted by Gasteiger charge is -2.17. The van der Waals surface area contributed by atoms with E-state index in [0.717, 1.165) is 16.7 Å². The Labute approximate surface area is 209 Å². The number of hydrogen-bond acceptors (Lipinski definition) is 8. The summed E-state index contributed by atoms with van der Waals surface area (Å²) in [5.74, 6) is -0.960. The minimum absolute atomic E-state index is 0.105. The lowest BCUT2D eigenvalue weighted by Crippen LogP contribution is -2.43. The molecular weight excluding hydrogens is 466 g/mol. The van der Waals surface area contributed by atoms with Crippen LogP contribution in [0.5, 0.6) is 17.2 Å². The summed E-state index contributed by atoms with van der Waals surface area (Å²) < 4.78 is 15.4. The van der Waals surface area contributed by atoms with Gasteiger partial charge in [-0.05, 0) is 49.9 Å². The SMILES string of the molecule is COC(=O)[C@H](Cc1ccc(O)cc1)NC(=O)CC/C(C)=C/Cc1c(O)c2c(c(C)c1OC)COC2=O. The first-order valence-corrected chi connectivity index (χ1v) is 11.5. The number of phenols is 2. The number of aromatic hydroxyl groups is 2. The fourth-order valence-electron chi connectivity index (χ4n) is 4.19. The van der Waals surface area contributed by atoms with Crippen LogP contribution in [-0.2, 0) is 38.5 Å². The van der Waals surface area contributed by atoms with E-state index in [1.807, 2.05) is 19.9 Å². The molecule has 3 N–H and O–H groups in total. The third-order valence-corrected chi connectivity index (χ3v) is 6.25. The summed E-state index contributed by atoms with van der Waals surface area (Å²) in [7, 11) is 2.77. The molecule has 0 saturated carbocycles. The van der Waals surface area contributed by atoms with E-state index in [1.165, 1.54) is 26.4 Å². The second-order valence-electron chi connectivity index (χ2n) is 8.68. The molecule has 1 atom stereocenters. The zero-order valence-corrected chi connectivity index (χ0v) is 20.8. The van der Waals surface area contributed by atoms with Crippen LogP contribution in [0.25, 0.3) is 0 Å². The van der Waals surface area contributed by atoms with Gasteiger partial charge in [0.1, 0.15) is 35.5 Å². The lowest BCUT2D eigenvalue weighted by molar-refractivity contribution is -0.145. The highest BCUT2D eigenvalue weighted by Crippen LogP contribution is 2.42. The summed E-state index contributed by atoms with van der Waals surface area (Å²) in [5, 5.41) is 22.9. The highest BCUT2D eigenvalue weighted by molar-refractivity contribution is 5.98. The fourth-order valence-corrected chi connectivity index (χ4v) is 4.19. The number of carbonyl (C=O) groups is 3. The molecular formula is C27H31NO8. The summed E-state index contributed by atoms with van der Waals surface area (Å²) in [6.07, 6.45) is 2.96. The molecule has 1 aliphatic rings. The van der Waals surface area contributed by atoms with E-state index in [1.54, 1.807) is 12.1 Å². The highest BCUT2D eigenvalue weighted by Gasteiger charge is 2.31. The summed E-state index contributed by atoms with van der Waals surface area (Å²) >= 11 is 0. The van der Waals surface area contributed by atoms with Crippen molar-refractivity contribution in [1.82, 2.24) is 5.32 Å². The van der Waals surface area contributed by atoms with Crippen LogP contribution < -0.4 is 10.1 Å². The molecule has 1 heterocycles. The number of ether oxygens (including phenoxy) is 3. The molecule has 0 bridgehead atoms. The van der Waals surface area contributed by atoms with Crippen LogP contribution in [-0.4, -0.2) is 48.3 Å². The van der Waals surface area contributed by atoms with Gasteiger partial charge in [0.05, 0.1) is 14.2 Å². The van der Waals surface area contributed by atoms with Crippen molar-refractivity contribution in [3.63, 3.8) is 0 Å². The Kier molecular flexibility index (Phi) is 8.58. The van der Waals surface area contributed by atoms with Gasteiger partial charge in [0.2, 0.25) is 5.91 Å². The molecule has 9 heteroatoms. The Morgan fingerprint density at radius 2 is 1.86 bits per heavy atom. The Balaban J connectivity index is 1.64. The second kappa shape index (κ2) is 11.6. The second-order valence-corrected chi connectivity index (χ2v) is 8.68. The van der Waals surface area contributed by atoms with Crippen molar-refractivity contribution in [2.75, 3.05) is 14.2 Å². The van der Waals surface area contributed by atoms with E-state index in [9.17, 15) is 24.6 Å². The number of benzene rings is 2. The maximum atomic E-state index is 12.6. The van der Waals surface area contributed by atoms with E-state index in [2.05, 4.69) is 5.32 Å². The molecule has 9 nitrogen and oxygen atoms in total. The maximum Gasteiger partial charge on any atom is 0.342 e. The van der Waals surface area contributed by atoms with E-state index >= 15 is 0 Å². The number of allylic oxidation sites excluding steroid dienone is 2. The fraction of sp³-hybridized carbons (Fsp3) is 0.370. The van der Waals surface area contributed by atoms with Gasteiger partial charge in [0.25, 0.3) is 0 Å². The zero-order valence-electron chi connectivity index (χ0n) is 20.8. The van der Waals surface area contributed by atoms with Crippen LogP contribution in [0.2, 0.25) is 0 Å². The Morgan fingerprint density at radius 3 is 2.50 bits per heavy atom. The number of amides is 1. The van der Waals surface area contributed by atoms with Crippen LogP contribution in [0, 0.1) is 6.92 Å². The molecule has 2 aromatic carbocycles. The van der Waals surface area contributed by atoms with Crippen molar-refractivity contribution in [2.24, 2.45) is 0 Å². The Hall–Kier alpha value is -4.01. The third kappa shape index (κ3) is 5.97. The van der Waals surface area contributed by atoms with Gasteiger partial charge in [-0.2, -0.15) is 0 Å². The van der Waals surface area contributed by atoms with Gasteiger partial charge in [0, 0.05) is 24.0 Å². The van der Waals surface area contributed by atoms with Gasteiger partial charge < -0.3 is 29.7 Å². The van der Waals surface area contributed by atoms with Crippen molar-refractivity contribution in [3.05, 3.63) is 63.7 Å². The Bertz CT molecular complexity index is 1180. The molecule has 0 saturated heterocycles. The predicted molar refractivity (Wildman–Crippen MR) is 131 cm³/mol. The monoisotopic (exact) mass is 497 g/mol. The summed E-state index contributed by atoms with van der Waals surface area (Å²) in [5.41, 5.74) is 3.69. The molecule has 2 aromatic rings. The molecule has 0 aromatic heterocycles. The smallest absolute Gasteiger partial charge is 0.342 e.